The van der Waals surface area contributed by atoms with Gasteiger partial charge in [-0.2, -0.15) is 0 Å². The van der Waals surface area contributed by atoms with Crippen molar-refractivity contribution < 1.29 is 13.2 Å². The molecule has 2 N–H and O–H groups in total. The molecule has 0 aliphatic carbocycles. The molecule has 4 rings (SSSR count). The van der Waals surface area contributed by atoms with Crippen molar-refractivity contribution in [2.75, 3.05) is 15.8 Å². The molecule has 0 bridgehead atoms. The summed E-state index contributed by atoms with van der Waals surface area (Å²) in [6.45, 7) is 3.66. The van der Waals surface area contributed by atoms with Crippen molar-refractivity contribution in [3.63, 3.8) is 0 Å². The fraction of sp³-hybridized carbons (Fsp3) is 0.250. The Morgan fingerprint density at radius 2 is 1.91 bits per heavy atom. The average Bonchev–Trinajstić information content (AvgIpc) is 2.76. The van der Waals surface area contributed by atoms with Crippen LogP contribution in [0.1, 0.15) is 11.3 Å². The third-order valence-corrected chi connectivity index (χ3v) is 7.32. The second-order valence-electron chi connectivity index (χ2n) is 7.29. The minimum atomic E-state index is -3.87. The summed E-state index contributed by atoms with van der Waals surface area (Å²) in [5, 5.41) is 3.39. The van der Waals surface area contributed by atoms with Crippen LogP contribution in [0.2, 0.25) is 0 Å². The number of fused-ring (bicyclic) bond motifs is 1. The summed E-state index contributed by atoms with van der Waals surface area (Å²) in [4.78, 5) is 37.2. The summed E-state index contributed by atoms with van der Waals surface area (Å²) in [5.74, 6) is -0.193. The van der Waals surface area contributed by atoms with Gasteiger partial charge in [0, 0.05) is 41.6 Å². The molecule has 32 heavy (non-hydrogen) atoms. The van der Waals surface area contributed by atoms with Gasteiger partial charge in [0.1, 0.15) is 0 Å². The van der Waals surface area contributed by atoms with Gasteiger partial charge in [0.25, 0.3) is 15.6 Å². The van der Waals surface area contributed by atoms with Gasteiger partial charge in [-0.15, -0.1) is 0 Å². The molecule has 3 heterocycles. The second-order valence-corrected chi connectivity index (χ2v) is 9.96. The lowest BCUT2D eigenvalue weighted by molar-refractivity contribution is -0.119. The number of hydrogen-bond donors (Lipinski definition) is 2. The van der Waals surface area contributed by atoms with Gasteiger partial charge >= 0.3 is 0 Å². The molecule has 1 unspecified atom stereocenters. The lowest BCUT2D eigenvalue weighted by Crippen LogP contribution is -2.37. The zero-order chi connectivity index (χ0) is 22.9. The lowest BCUT2D eigenvalue weighted by Gasteiger charge is -2.24. The number of carbonyl (C=O) groups excluding carboxylic acids is 1. The highest BCUT2D eigenvalue weighted by Crippen LogP contribution is 2.26. The van der Waals surface area contributed by atoms with E-state index in [0.717, 1.165) is 0 Å². The number of sulfonamides is 1. The first-order valence-electron chi connectivity index (χ1n) is 9.65. The molecule has 1 atom stereocenters. The highest BCUT2D eigenvalue weighted by molar-refractivity contribution is 7.99. The van der Waals surface area contributed by atoms with E-state index in [0.29, 0.717) is 27.9 Å². The van der Waals surface area contributed by atoms with Crippen LogP contribution in [0.15, 0.2) is 57.6 Å². The molecule has 12 heteroatoms. The van der Waals surface area contributed by atoms with Crippen LogP contribution >= 0.6 is 11.8 Å². The first kappa shape index (κ1) is 22.0. The number of aromatic nitrogens is 4. The molecule has 0 fully saturated rings. The van der Waals surface area contributed by atoms with Crippen molar-refractivity contribution in [3.8, 4) is 0 Å². The van der Waals surface area contributed by atoms with Gasteiger partial charge in [0.2, 0.25) is 11.9 Å². The Labute approximate surface area is 188 Å². The molecule has 1 aliphatic heterocycles. The minimum absolute atomic E-state index is 0.0101. The Bertz CT molecular complexity index is 1340. The minimum Gasteiger partial charge on any atom is -0.326 e. The number of aryl methyl sites for hydroxylation is 2. The number of nitrogens with zero attached hydrogens (tertiary/aromatic N) is 4. The van der Waals surface area contributed by atoms with Gasteiger partial charge in [0.05, 0.1) is 10.8 Å². The molecule has 0 saturated heterocycles. The SMILES string of the molecule is Cc1ccnc(NS(=O)(=O)c2ccc(NC(=O)C3CSc4ncc(C)c(=O)n4C3)cc2)n1. The zero-order valence-electron chi connectivity index (χ0n) is 17.3. The summed E-state index contributed by atoms with van der Waals surface area (Å²) in [5.41, 5.74) is 1.45. The van der Waals surface area contributed by atoms with Crippen molar-refractivity contribution in [2.45, 2.75) is 30.4 Å². The smallest absolute Gasteiger partial charge is 0.264 e. The molecule has 1 aromatic carbocycles. The van der Waals surface area contributed by atoms with Gasteiger partial charge < -0.3 is 5.32 Å². The monoisotopic (exact) mass is 472 g/mol. The van der Waals surface area contributed by atoms with Crippen molar-refractivity contribution in [3.05, 3.63) is 64.3 Å². The number of nitrogens with one attached hydrogen (secondary N) is 2. The number of hydrogen-bond acceptors (Lipinski definition) is 8. The molecule has 1 aliphatic rings. The largest absolute Gasteiger partial charge is 0.326 e. The maximum absolute atomic E-state index is 12.7. The Morgan fingerprint density at radius 1 is 1.16 bits per heavy atom. The third kappa shape index (κ3) is 4.65. The van der Waals surface area contributed by atoms with Gasteiger partial charge in [-0.1, -0.05) is 11.8 Å². The topological polar surface area (TPSA) is 136 Å². The Morgan fingerprint density at radius 3 is 2.62 bits per heavy atom. The fourth-order valence-electron chi connectivity index (χ4n) is 3.10. The van der Waals surface area contributed by atoms with E-state index >= 15 is 0 Å². The molecule has 3 aromatic rings. The van der Waals surface area contributed by atoms with E-state index in [9.17, 15) is 18.0 Å². The van der Waals surface area contributed by atoms with Crippen LogP contribution in [0, 0.1) is 19.8 Å². The lowest BCUT2D eigenvalue weighted by atomic mass is 10.1. The highest BCUT2D eigenvalue weighted by Gasteiger charge is 2.27. The van der Waals surface area contributed by atoms with E-state index < -0.39 is 15.9 Å². The number of amides is 1. The number of anilines is 2. The second kappa shape index (κ2) is 8.71. The van der Waals surface area contributed by atoms with Crippen LogP contribution < -0.4 is 15.6 Å². The predicted molar refractivity (Wildman–Crippen MR) is 120 cm³/mol. The van der Waals surface area contributed by atoms with E-state index in [1.54, 1.807) is 19.9 Å². The molecule has 166 valence electrons. The van der Waals surface area contributed by atoms with Crippen LogP contribution in [0.4, 0.5) is 11.6 Å². The van der Waals surface area contributed by atoms with Crippen LogP contribution in [-0.4, -0.2) is 39.6 Å². The number of benzene rings is 1. The summed E-state index contributed by atoms with van der Waals surface area (Å²) in [7, 11) is -3.87. The normalized spacial score (nSPS) is 15.6. The van der Waals surface area contributed by atoms with Gasteiger partial charge in [0.15, 0.2) is 5.16 Å². The van der Waals surface area contributed by atoms with Gasteiger partial charge in [-0.05, 0) is 44.2 Å². The molecule has 10 nitrogen and oxygen atoms in total. The molecular formula is C20H20N6O4S2. The van der Waals surface area contributed by atoms with Crippen LogP contribution in [0.3, 0.4) is 0 Å². The van der Waals surface area contributed by atoms with E-state index in [4.69, 9.17) is 0 Å². The fourth-order valence-corrected chi connectivity index (χ4v) is 5.10. The maximum Gasteiger partial charge on any atom is 0.264 e. The third-order valence-electron chi connectivity index (χ3n) is 4.82. The maximum atomic E-state index is 12.7. The highest BCUT2D eigenvalue weighted by atomic mass is 32.2. The summed E-state index contributed by atoms with van der Waals surface area (Å²) in [6, 6.07) is 7.44. The molecule has 0 radical (unpaired) electrons. The van der Waals surface area contributed by atoms with Crippen molar-refractivity contribution in [2.24, 2.45) is 5.92 Å². The van der Waals surface area contributed by atoms with Crippen LogP contribution in [-0.2, 0) is 21.4 Å². The molecular weight excluding hydrogens is 452 g/mol. The Balaban J connectivity index is 1.44. The quantitative estimate of drug-likeness (QED) is 0.537. The van der Waals surface area contributed by atoms with Gasteiger partial charge in [-0.25, -0.2) is 28.1 Å². The summed E-state index contributed by atoms with van der Waals surface area (Å²) >= 11 is 1.36. The standard InChI is InChI=1S/C20H20N6O4S2/c1-12-9-22-20-26(18(12)28)10-14(11-31-20)17(27)24-15-3-5-16(6-4-15)32(29,30)25-19-21-8-7-13(2)23-19/h3-9,14H,10-11H2,1-2H3,(H,24,27)(H,21,23,25). The Kier molecular flexibility index (Phi) is 5.98. The van der Waals surface area contributed by atoms with E-state index in [2.05, 4.69) is 25.0 Å². The summed E-state index contributed by atoms with van der Waals surface area (Å²) in [6.07, 6.45) is 3.00. The average molecular weight is 473 g/mol. The van der Waals surface area contributed by atoms with E-state index in [1.807, 2.05) is 0 Å². The van der Waals surface area contributed by atoms with E-state index in [1.165, 1.54) is 53.0 Å². The first-order valence-corrected chi connectivity index (χ1v) is 12.1. The van der Waals surface area contributed by atoms with E-state index in [-0.39, 0.29) is 28.9 Å². The Hall–Kier alpha value is -3.25. The van der Waals surface area contributed by atoms with Crippen molar-refractivity contribution >= 4 is 39.3 Å². The van der Waals surface area contributed by atoms with Crippen LogP contribution in [0.25, 0.3) is 0 Å². The number of carbonyl (C=O) groups is 1. The summed E-state index contributed by atoms with van der Waals surface area (Å²) < 4.78 is 28.9. The first-order chi connectivity index (χ1) is 15.2. The zero-order valence-corrected chi connectivity index (χ0v) is 18.9. The predicted octanol–water partition coefficient (Wildman–Crippen LogP) is 1.81. The molecule has 0 spiro atoms. The number of thioether (sulfide) groups is 1. The van der Waals surface area contributed by atoms with Crippen LogP contribution in [0.5, 0.6) is 0 Å². The molecule has 2 aromatic heterocycles. The number of rotatable bonds is 5. The molecule has 1 amide bonds. The molecule has 0 saturated carbocycles. The van der Waals surface area contributed by atoms with Crippen molar-refractivity contribution in [1.29, 1.82) is 0 Å². The van der Waals surface area contributed by atoms with Crippen molar-refractivity contribution in [1.82, 2.24) is 19.5 Å². The van der Waals surface area contributed by atoms with Gasteiger partial charge in [-0.3, -0.25) is 14.2 Å².